The number of hydrogen-bond donors (Lipinski definition) is 0. The highest BCUT2D eigenvalue weighted by molar-refractivity contribution is 6.26. The topological polar surface area (TPSA) is 39.4 Å². The van der Waals surface area contributed by atoms with Crippen LogP contribution in [0.2, 0.25) is 0 Å². The first-order valence-corrected chi connectivity index (χ1v) is 14.5. The SMILES string of the molecule is c1ccc2c(c1)oc1c(-c3c4ccccc4c(-c4cccc5c4oc4c6ccoc6ccc54)c4ccccc34)cccc12. The quantitative estimate of drug-likeness (QED) is 0.201. The van der Waals surface area contributed by atoms with E-state index < -0.39 is 0 Å². The molecule has 0 unspecified atom stereocenters. The van der Waals surface area contributed by atoms with Gasteiger partial charge in [0.25, 0.3) is 0 Å². The standard InChI is InChI=1S/C40H22O3/c1-3-12-26-24(10-1)36(32-16-7-14-28-23-9-5-6-18-35(23)42-39(28)32)25-11-2-4-13-27(25)37(26)33-17-8-15-29-30-19-20-34-31(21-22-41-34)38(30)43-40(29)33/h1-22H. The van der Waals surface area contributed by atoms with E-state index in [2.05, 4.69) is 103 Å². The molecule has 7 aromatic carbocycles. The third-order valence-electron chi connectivity index (χ3n) is 8.97. The summed E-state index contributed by atoms with van der Waals surface area (Å²) >= 11 is 0. The van der Waals surface area contributed by atoms with Crippen molar-refractivity contribution in [2.75, 3.05) is 0 Å². The molecular weight excluding hydrogens is 528 g/mol. The Bertz CT molecular complexity index is 2680. The highest BCUT2D eigenvalue weighted by atomic mass is 16.3. The lowest BCUT2D eigenvalue weighted by Crippen LogP contribution is -1.91. The maximum absolute atomic E-state index is 6.74. The Hall–Kier alpha value is -5.80. The van der Waals surface area contributed by atoms with Crippen molar-refractivity contribution in [1.82, 2.24) is 0 Å². The fourth-order valence-electron chi connectivity index (χ4n) is 7.15. The summed E-state index contributed by atoms with van der Waals surface area (Å²) in [6, 6.07) is 44.8. The van der Waals surface area contributed by atoms with Gasteiger partial charge < -0.3 is 13.3 Å². The van der Waals surface area contributed by atoms with E-state index in [0.29, 0.717) is 0 Å². The molecule has 10 aromatic rings. The van der Waals surface area contributed by atoms with Gasteiger partial charge in [-0.15, -0.1) is 0 Å². The molecule has 3 heteroatoms. The van der Waals surface area contributed by atoms with Crippen LogP contribution in [0.15, 0.2) is 147 Å². The van der Waals surface area contributed by atoms with E-state index in [1.165, 1.54) is 32.7 Å². The molecule has 3 nitrogen and oxygen atoms in total. The zero-order valence-corrected chi connectivity index (χ0v) is 22.9. The number of hydrogen-bond acceptors (Lipinski definition) is 3. The number of benzene rings is 7. The van der Waals surface area contributed by atoms with Crippen LogP contribution in [0.3, 0.4) is 0 Å². The molecule has 200 valence electrons. The number of furan rings is 3. The van der Waals surface area contributed by atoms with Crippen LogP contribution in [0, 0.1) is 0 Å². The molecule has 3 heterocycles. The summed E-state index contributed by atoms with van der Waals surface area (Å²) in [6.45, 7) is 0. The summed E-state index contributed by atoms with van der Waals surface area (Å²) in [5.74, 6) is 0. The van der Waals surface area contributed by atoms with Crippen LogP contribution in [-0.2, 0) is 0 Å². The van der Waals surface area contributed by atoms with Crippen molar-refractivity contribution >= 4 is 76.4 Å². The van der Waals surface area contributed by atoms with Crippen LogP contribution < -0.4 is 0 Å². The Morgan fingerprint density at radius 1 is 0.302 bits per heavy atom. The highest BCUT2D eigenvalue weighted by Crippen LogP contribution is 2.48. The molecular formula is C40H22O3. The van der Waals surface area contributed by atoms with E-state index in [-0.39, 0.29) is 0 Å². The maximum Gasteiger partial charge on any atom is 0.146 e. The molecule has 0 spiro atoms. The minimum absolute atomic E-state index is 0.827. The average molecular weight is 551 g/mol. The van der Waals surface area contributed by atoms with Gasteiger partial charge in [-0.1, -0.05) is 103 Å². The first-order chi connectivity index (χ1) is 21.3. The van der Waals surface area contributed by atoms with Gasteiger partial charge in [0.2, 0.25) is 0 Å². The largest absolute Gasteiger partial charge is 0.464 e. The Morgan fingerprint density at radius 3 is 1.47 bits per heavy atom. The molecule has 0 amide bonds. The second kappa shape index (κ2) is 8.37. The fourth-order valence-corrected chi connectivity index (χ4v) is 7.15. The van der Waals surface area contributed by atoms with Gasteiger partial charge >= 0.3 is 0 Å². The van der Waals surface area contributed by atoms with E-state index in [1.54, 1.807) is 6.26 Å². The van der Waals surface area contributed by atoms with Crippen molar-refractivity contribution in [3.63, 3.8) is 0 Å². The summed E-state index contributed by atoms with van der Waals surface area (Å²) in [5, 5.41) is 10.1. The number of para-hydroxylation sites is 3. The van der Waals surface area contributed by atoms with Crippen LogP contribution >= 0.6 is 0 Å². The second-order valence-electron chi connectivity index (χ2n) is 11.2. The van der Waals surface area contributed by atoms with Crippen molar-refractivity contribution in [1.29, 1.82) is 0 Å². The van der Waals surface area contributed by atoms with E-state index in [4.69, 9.17) is 13.3 Å². The van der Waals surface area contributed by atoms with Gasteiger partial charge in [0.15, 0.2) is 0 Å². The lowest BCUT2D eigenvalue weighted by atomic mass is 9.85. The Balaban J connectivity index is 1.36. The van der Waals surface area contributed by atoms with Crippen LogP contribution in [0.4, 0.5) is 0 Å². The van der Waals surface area contributed by atoms with Crippen molar-refractivity contribution in [3.05, 3.63) is 134 Å². The molecule has 0 atom stereocenters. The van der Waals surface area contributed by atoms with Crippen molar-refractivity contribution < 1.29 is 13.3 Å². The van der Waals surface area contributed by atoms with Crippen molar-refractivity contribution in [2.24, 2.45) is 0 Å². The Kier molecular flexibility index (Phi) is 4.45. The average Bonchev–Trinajstić information content (AvgIpc) is 3.79. The van der Waals surface area contributed by atoms with E-state index >= 15 is 0 Å². The van der Waals surface area contributed by atoms with Crippen molar-refractivity contribution in [2.45, 2.75) is 0 Å². The van der Waals surface area contributed by atoms with Gasteiger partial charge in [-0.25, -0.2) is 0 Å². The summed E-state index contributed by atoms with van der Waals surface area (Å²) in [5.41, 5.74) is 8.89. The van der Waals surface area contributed by atoms with E-state index in [1.807, 2.05) is 24.3 Å². The molecule has 0 aliphatic rings. The zero-order valence-electron chi connectivity index (χ0n) is 22.9. The van der Waals surface area contributed by atoms with Gasteiger partial charge in [-0.3, -0.25) is 0 Å². The normalized spacial score (nSPS) is 12.2. The van der Waals surface area contributed by atoms with Crippen LogP contribution in [0.25, 0.3) is 98.6 Å². The molecule has 0 aliphatic heterocycles. The van der Waals surface area contributed by atoms with Gasteiger partial charge in [0, 0.05) is 43.8 Å². The lowest BCUT2D eigenvalue weighted by molar-refractivity contribution is 0.615. The number of fused-ring (bicyclic) bond motifs is 10. The molecule has 0 N–H and O–H groups in total. The molecule has 0 radical (unpaired) electrons. The monoisotopic (exact) mass is 550 g/mol. The third-order valence-corrected chi connectivity index (χ3v) is 8.97. The summed E-state index contributed by atoms with van der Waals surface area (Å²) in [7, 11) is 0. The van der Waals surface area contributed by atoms with E-state index in [0.717, 1.165) is 66.0 Å². The third kappa shape index (κ3) is 3.03. The lowest BCUT2D eigenvalue weighted by Gasteiger charge is -2.18. The summed E-state index contributed by atoms with van der Waals surface area (Å²) in [4.78, 5) is 0. The molecule has 0 aliphatic carbocycles. The van der Waals surface area contributed by atoms with Gasteiger partial charge in [-0.2, -0.15) is 0 Å². The maximum atomic E-state index is 6.74. The smallest absolute Gasteiger partial charge is 0.146 e. The van der Waals surface area contributed by atoms with Crippen LogP contribution in [-0.4, -0.2) is 0 Å². The Labute approximate surface area is 245 Å². The first kappa shape index (κ1) is 22.8. The zero-order chi connectivity index (χ0) is 28.1. The van der Waals surface area contributed by atoms with Gasteiger partial charge in [0.1, 0.15) is 27.9 Å². The van der Waals surface area contributed by atoms with Gasteiger partial charge in [0.05, 0.1) is 11.6 Å². The number of rotatable bonds is 2. The molecule has 3 aromatic heterocycles. The van der Waals surface area contributed by atoms with Crippen LogP contribution in [0.5, 0.6) is 0 Å². The minimum atomic E-state index is 0.827. The molecule has 10 rings (SSSR count). The summed E-state index contributed by atoms with van der Waals surface area (Å²) < 4.78 is 19.0. The molecule has 0 saturated heterocycles. The summed E-state index contributed by atoms with van der Waals surface area (Å²) in [6.07, 6.45) is 1.72. The first-order valence-electron chi connectivity index (χ1n) is 14.5. The minimum Gasteiger partial charge on any atom is -0.464 e. The van der Waals surface area contributed by atoms with Crippen LogP contribution in [0.1, 0.15) is 0 Å². The molecule has 43 heavy (non-hydrogen) atoms. The Morgan fingerprint density at radius 2 is 0.814 bits per heavy atom. The van der Waals surface area contributed by atoms with Crippen molar-refractivity contribution in [3.8, 4) is 22.3 Å². The van der Waals surface area contributed by atoms with Gasteiger partial charge in [-0.05, 0) is 45.8 Å². The second-order valence-corrected chi connectivity index (χ2v) is 11.2. The van der Waals surface area contributed by atoms with E-state index in [9.17, 15) is 0 Å². The highest BCUT2D eigenvalue weighted by Gasteiger charge is 2.22. The molecule has 0 saturated carbocycles. The molecule has 0 fully saturated rings. The predicted molar refractivity (Wildman–Crippen MR) is 177 cm³/mol. The molecule has 0 bridgehead atoms. The fraction of sp³-hybridized carbons (Fsp3) is 0. The predicted octanol–water partition coefficient (Wildman–Crippen LogP) is 11.9.